The fourth-order valence-corrected chi connectivity index (χ4v) is 2.99. The molecule has 6 nitrogen and oxygen atoms in total. The number of nitrogens with one attached hydrogen (secondary N) is 1. The zero-order valence-corrected chi connectivity index (χ0v) is 14.9. The summed E-state index contributed by atoms with van der Waals surface area (Å²) in [6.45, 7) is 2.20. The fourth-order valence-electron chi connectivity index (χ4n) is 2.99. The predicted molar refractivity (Wildman–Crippen MR) is 98.8 cm³/mol. The van der Waals surface area contributed by atoms with Gasteiger partial charge < -0.3 is 15.1 Å². The summed E-state index contributed by atoms with van der Waals surface area (Å²) in [6.07, 6.45) is 0. The average Bonchev–Trinajstić information content (AvgIpc) is 2.71. The first kappa shape index (κ1) is 17.7. The minimum atomic E-state index is -0.281. The summed E-state index contributed by atoms with van der Waals surface area (Å²) in [4.78, 5) is 40.1. The maximum absolute atomic E-state index is 12.5. The van der Waals surface area contributed by atoms with E-state index < -0.39 is 0 Å². The molecular weight excluding hydrogens is 330 g/mol. The Morgan fingerprint density at radius 2 is 1.88 bits per heavy atom. The molecule has 0 aromatic heterocycles. The molecule has 0 bridgehead atoms. The molecule has 1 aliphatic rings. The van der Waals surface area contributed by atoms with E-state index in [2.05, 4.69) is 5.32 Å². The van der Waals surface area contributed by atoms with Crippen LogP contribution in [0.3, 0.4) is 0 Å². The molecule has 2 aromatic rings. The highest BCUT2D eigenvalue weighted by atomic mass is 16.2. The van der Waals surface area contributed by atoms with Gasteiger partial charge in [0.25, 0.3) is 5.91 Å². The van der Waals surface area contributed by atoms with Gasteiger partial charge in [-0.3, -0.25) is 14.4 Å². The van der Waals surface area contributed by atoms with Gasteiger partial charge in [0.1, 0.15) is 13.1 Å². The number of nitrogens with zero attached hydrogens (tertiary/aromatic N) is 2. The number of fused-ring (bicyclic) bond motifs is 1. The van der Waals surface area contributed by atoms with E-state index in [1.807, 2.05) is 31.2 Å². The monoisotopic (exact) mass is 351 g/mol. The van der Waals surface area contributed by atoms with E-state index in [4.69, 9.17) is 0 Å². The van der Waals surface area contributed by atoms with Gasteiger partial charge in [-0.2, -0.15) is 0 Å². The number of rotatable bonds is 4. The number of amides is 3. The van der Waals surface area contributed by atoms with Crippen LogP contribution in [0.5, 0.6) is 0 Å². The second-order valence-corrected chi connectivity index (χ2v) is 6.42. The van der Waals surface area contributed by atoms with Gasteiger partial charge in [-0.05, 0) is 24.6 Å². The second kappa shape index (κ2) is 7.39. The molecule has 0 unspecified atom stereocenters. The number of aryl methyl sites for hydroxylation is 1. The minimum absolute atomic E-state index is 0.0569. The maximum Gasteiger partial charge on any atom is 0.256 e. The van der Waals surface area contributed by atoms with E-state index in [9.17, 15) is 14.4 Å². The van der Waals surface area contributed by atoms with Crippen molar-refractivity contribution in [2.24, 2.45) is 0 Å². The first-order valence-corrected chi connectivity index (χ1v) is 8.43. The third-order valence-electron chi connectivity index (χ3n) is 4.32. The van der Waals surface area contributed by atoms with Crippen LogP contribution in [0.1, 0.15) is 21.5 Å². The van der Waals surface area contributed by atoms with Gasteiger partial charge in [-0.25, -0.2) is 0 Å². The van der Waals surface area contributed by atoms with Gasteiger partial charge in [0.2, 0.25) is 11.8 Å². The lowest BCUT2D eigenvalue weighted by Crippen LogP contribution is -2.43. The van der Waals surface area contributed by atoms with Gasteiger partial charge in [0.05, 0.1) is 11.3 Å². The van der Waals surface area contributed by atoms with E-state index in [1.165, 1.54) is 9.80 Å². The van der Waals surface area contributed by atoms with Crippen molar-refractivity contribution in [3.05, 3.63) is 65.2 Å². The molecule has 1 N–H and O–H groups in total. The van der Waals surface area contributed by atoms with Crippen molar-refractivity contribution in [1.82, 2.24) is 10.2 Å². The van der Waals surface area contributed by atoms with Crippen molar-refractivity contribution < 1.29 is 14.4 Å². The minimum Gasteiger partial charge on any atom is -0.350 e. The molecule has 26 heavy (non-hydrogen) atoms. The highest BCUT2D eigenvalue weighted by Crippen LogP contribution is 2.24. The molecule has 3 amide bonds. The quantitative estimate of drug-likeness (QED) is 0.912. The van der Waals surface area contributed by atoms with Gasteiger partial charge in [-0.15, -0.1) is 0 Å². The third-order valence-corrected chi connectivity index (χ3v) is 4.32. The summed E-state index contributed by atoms with van der Waals surface area (Å²) in [5.41, 5.74) is 3.01. The lowest BCUT2D eigenvalue weighted by Gasteiger charge is -2.21. The SMILES string of the molecule is Cc1cccc(CNC(=O)CN2C(=O)CN(C)C(=O)c3ccccc32)c1. The van der Waals surface area contributed by atoms with Gasteiger partial charge in [0, 0.05) is 13.6 Å². The van der Waals surface area contributed by atoms with Crippen LogP contribution in [0.15, 0.2) is 48.5 Å². The largest absolute Gasteiger partial charge is 0.350 e. The van der Waals surface area contributed by atoms with E-state index >= 15 is 0 Å². The number of hydrogen-bond acceptors (Lipinski definition) is 3. The molecule has 0 radical (unpaired) electrons. The Morgan fingerprint density at radius 1 is 1.12 bits per heavy atom. The summed E-state index contributed by atoms with van der Waals surface area (Å²) in [5.74, 6) is -0.778. The molecule has 2 aromatic carbocycles. The highest BCUT2D eigenvalue weighted by Gasteiger charge is 2.30. The molecule has 6 heteroatoms. The van der Waals surface area contributed by atoms with Gasteiger partial charge >= 0.3 is 0 Å². The molecule has 0 aliphatic carbocycles. The number of likely N-dealkylation sites (N-methyl/N-ethyl adjacent to an activating group) is 1. The number of carbonyl (C=O) groups excluding carboxylic acids is 3. The highest BCUT2D eigenvalue weighted by molar-refractivity contribution is 6.11. The van der Waals surface area contributed by atoms with E-state index in [1.54, 1.807) is 31.3 Å². The second-order valence-electron chi connectivity index (χ2n) is 6.42. The smallest absolute Gasteiger partial charge is 0.256 e. The molecule has 0 atom stereocenters. The lowest BCUT2D eigenvalue weighted by atomic mass is 10.1. The summed E-state index contributed by atoms with van der Waals surface area (Å²) in [6, 6.07) is 14.7. The first-order chi connectivity index (χ1) is 12.5. The van der Waals surface area contributed by atoms with E-state index in [-0.39, 0.29) is 30.8 Å². The topological polar surface area (TPSA) is 69.7 Å². The average molecular weight is 351 g/mol. The number of para-hydroxylation sites is 1. The molecule has 0 saturated carbocycles. The van der Waals surface area contributed by atoms with Crippen LogP contribution in [0, 0.1) is 6.92 Å². The molecule has 1 heterocycles. The molecule has 0 saturated heterocycles. The zero-order valence-electron chi connectivity index (χ0n) is 14.9. The van der Waals surface area contributed by atoms with Crippen molar-refractivity contribution in [1.29, 1.82) is 0 Å². The van der Waals surface area contributed by atoms with Crippen molar-refractivity contribution in [2.75, 3.05) is 25.0 Å². The lowest BCUT2D eigenvalue weighted by molar-refractivity contribution is -0.124. The van der Waals surface area contributed by atoms with Crippen LogP contribution in [-0.2, 0) is 16.1 Å². The number of carbonyl (C=O) groups is 3. The van der Waals surface area contributed by atoms with E-state index in [0.29, 0.717) is 17.8 Å². The van der Waals surface area contributed by atoms with Crippen molar-refractivity contribution >= 4 is 23.4 Å². The molecular formula is C20H21N3O3. The first-order valence-electron chi connectivity index (χ1n) is 8.43. The van der Waals surface area contributed by atoms with Crippen LogP contribution >= 0.6 is 0 Å². The Kier molecular flexibility index (Phi) is 5.02. The van der Waals surface area contributed by atoms with Crippen LogP contribution in [0.2, 0.25) is 0 Å². The standard InChI is InChI=1S/C20H21N3O3/c1-14-6-5-7-15(10-14)11-21-18(24)12-23-17-9-4-3-8-16(17)20(26)22(2)13-19(23)25/h3-10H,11-13H2,1-2H3,(H,21,24). The van der Waals surface area contributed by atoms with Crippen molar-refractivity contribution in [3.63, 3.8) is 0 Å². The summed E-state index contributed by atoms with van der Waals surface area (Å²) in [5, 5.41) is 2.84. The van der Waals surface area contributed by atoms with Gasteiger partial charge in [0.15, 0.2) is 0 Å². The molecule has 1 aliphatic heterocycles. The van der Waals surface area contributed by atoms with Crippen molar-refractivity contribution in [2.45, 2.75) is 13.5 Å². The van der Waals surface area contributed by atoms with Crippen LogP contribution in [0.25, 0.3) is 0 Å². The number of benzene rings is 2. The number of hydrogen-bond donors (Lipinski definition) is 1. The summed E-state index contributed by atoms with van der Waals surface area (Å²) >= 11 is 0. The zero-order chi connectivity index (χ0) is 18.7. The Bertz CT molecular complexity index is 863. The van der Waals surface area contributed by atoms with Gasteiger partial charge in [-0.1, -0.05) is 42.0 Å². The van der Waals surface area contributed by atoms with Crippen LogP contribution in [-0.4, -0.2) is 42.8 Å². The third kappa shape index (κ3) is 3.74. The number of anilines is 1. The van der Waals surface area contributed by atoms with Crippen molar-refractivity contribution in [3.8, 4) is 0 Å². The Hall–Kier alpha value is -3.15. The Balaban J connectivity index is 1.75. The molecule has 0 spiro atoms. The summed E-state index contributed by atoms with van der Waals surface area (Å²) in [7, 11) is 1.58. The molecule has 134 valence electrons. The van der Waals surface area contributed by atoms with Crippen LogP contribution in [0.4, 0.5) is 5.69 Å². The normalized spacial score (nSPS) is 14.1. The van der Waals surface area contributed by atoms with E-state index in [0.717, 1.165) is 11.1 Å². The summed E-state index contributed by atoms with van der Waals surface area (Å²) < 4.78 is 0. The Morgan fingerprint density at radius 3 is 2.65 bits per heavy atom. The molecule has 0 fully saturated rings. The predicted octanol–water partition coefficient (Wildman–Crippen LogP) is 1.73. The van der Waals surface area contributed by atoms with Crippen LogP contribution < -0.4 is 10.2 Å². The fraction of sp³-hybridized carbons (Fsp3) is 0.250. The maximum atomic E-state index is 12.5. The Labute approximate surface area is 152 Å². The molecule has 3 rings (SSSR count).